The molecule has 134 valence electrons. The van der Waals surface area contributed by atoms with Crippen LogP contribution in [-0.4, -0.2) is 56.5 Å². The number of benzene rings is 1. The third-order valence-electron chi connectivity index (χ3n) is 3.42. The number of halogens is 2. The largest absolute Gasteiger partial charge is 0.283 e. The molecule has 25 heavy (non-hydrogen) atoms. The van der Waals surface area contributed by atoms with Crippen molar-refractivity contribution < 1.29 is 9.72 Å². The smallest absolute Gasteiger partial charge is 0.269 e. The summed E-state index contributed by atoms with van der Waals surface area (Å²) in [5.41, 5.74) is 0.701. The van der Waals surface area contributed by atoms with Crippen LogP contribution in [0.2, 0.25) is 0 Å². The first-order chi connectivity index (χ1) is 12.0. The molecule has 2 rings (SSSR count). The third kappa shape index (κ3) is 5.39. The van der Waals surface area contributed by atoms with Crippen LogP contribution in [-0.2, 0) is 4.79 Å². The predicted molar refractivity (Wildman–Crippen MR) is 106 cm³/mol. The van der Waals surface area contributed by atoms with Gasteiger partial charge in [0.1, 0.15) is 4.32 Å². The predicted octanol–water partition coefficient (Wildman–Crippen LogP) is 3.53. The molecule has 0 spiro atoms. The topological polar surface area (TPSA) is 66.7 Å². The second kappa shape index (κ2) is 9.49. The molecule has 0 saturated carbocycles. The van der Waals surface area contributed by atoms with Crippen LogP contribution in [0.25, 0.3) is 6.08 Å². The molecule has 1 fully saturated rings. The van der Waals surface area contributed by atoms with Crippen LogP contribution >= 0.6 is 47.2 Å². The molecule has 1 aliphatic rings. The minimum Gasteiger partial charge on any atom is -0.283 e. The zero-order valence-electron chi connectivity index (χ0n) is 13.1. The van der Waals surface area contributed by atoms with Crippen LogP contribution in [0, 0.1) is 10.1 Å². The highest BCUT2D eigenvalue weighted by Gasteiger charge is 2.33. The molecule has 0 radical (unpaired) electrons. The van der Waals surface area contributed by atoms with Gasteiger partial charge in [-0.2, -0.15) is 0 Å². The number of non-ortho nitro benzene ring substituents is 1. The molecule has 0 N–H and O–H groups in total. The van der Waals surface area contributed by atoms with Crippen molar-refractivity contribution in [2.24, 2.45) is 0 Å². The lowest BCUT2D eigenvalue weighted by atomic mass is 10.2. The van der Waals surface area contributed by atoms with Gasteiger partial charge in [0.25, 0.3) is 11.6 Å². The second-order valence-electron chi connectivity index (χ2n) is 5.10. The molecule has 1 aromatic rings. The molecule has 0 atom stereocenters. The van der Waals surface area contributed by atoms with Gasteiger partial charge >= 0.3 is 0 Å². The van der Waals surface area contributed by atoms with Crippen LogP contribution < -0.4 is 0 Å². The number of carbonyl (C=O) groups excluding carboxylic acids is 1. The van der Waals surface area contributed by atoms with Crippen molar-refractivity contribution >= 4 is 69.2 Å². The Balaban J connectivity index is 2.12. The van der Waals surface area contributed by atoms with Gasteiger partial charge in [0.05, 0.1) is 16.5 Å². The maximum atomic E-state index is 12.6. The number of nitrogens with zero attached hydrogens (tertiary/aromatic N) is 3. The molecule has 1 aromatic carbocycles. The van der Waals surface area contributed by atoms with Crippen LogP contribution in [0.3, 0.4) is 0 Å². The second-order valence-corrected chi connectivity index (χ2v) is 7.53. The van der Waals surface area contributed by atoms with Gasteiger partial charge in [0.2, 0.25) is 0 Å². The van der Waals surface area contributed by atoms with E-state index in [1.807, 2.05) is 4.90 Å². The first-order valence-electron chi connectivity index (χ1n) is 7.30. The minimum atomic E-state index is -0.467. The summed E-state index contributed by atoms with van der Waals surface area (Å²) in [4.78, 5) is 26.8. The molecular formula is C15H15Cl2N3O3S2. The van der Waals surface area contributed by atoms with E-state index in [2.05, 4.69) is 0 Å². The van der Waals surface area contributed by atoms with Crippen molar-refractivity contribution in [2.45, 2.75) is 0 Å². The fourth-order valence-corrected chi connectivity index (χ4v) is 3.88. The number of carbonyl (C=O) groups is 1. The van der Waals surface area contributed by atoms with E-state index in [-0.39, 0.29) is 11.6 Å². The van der Waals surface area contributed by atoms with E-state index in [0.29, 0.717) is 46.3 Å². The summed E-state index contributed by atoms with van der Waals surface area (Å²) in [6.07, 6.45) is 1.68. The number of alkyl halides is 2. The molecule has 1 heterocycles. The van der Waals surface area contributed by atoms with Crippen molar-refractivity contribution in [1.29, 1.82) is 0 Å². The number of hydrogen-bond donors (Lipinski definition) is 0. The lowest BCUT2D eigenvalue weighted by Crippen LogP contribution is -2.42. The minimum absolute atomic E-state index is 0.00231. The van der Waals surface area contributed by atoms with E-state index in [1.54, 1.807) is 18.2 Å². The van der Waals surface area contributed by atoms with Crippen molar-refractivity contribution in [2.75, 3.05) is 31.5 Å². The first-order valence-corrected chi connectivity index (χ1v) is 9.59. The maximum Gasteiger partial charge on any atom is 0.269 e. The van der Waals surface area contributed by atoms with Crippen molar-refractivity contribution in [3.05, 3.63) is 44.8 Å². The van der Waals surface area contributed by atoms with Gasteiger partial charge in [-0.3, -0.25) is 24.7 Å². The van der Waals surface area contributed by atoms with E-state index in [9.17, 15) is 14.9 Å². The Bertz CT molecular complexity index is 692. The Morgan fingerprint density at radius 3 is 2.36 bits per heavy atom. The Labute approximate surface area is 164 Å². The van der Waals surface area contributed by atoms with E-state index in [4.69, 9.17) is 35.4 Å². The van der Waals surface area contributed by atoms with Gasteiger partial charge in [-0.1, -0.05) is 24.0 Å². The quantitative estimate of drug-likeness (QED) is 0.211. The van der Waals surface area contributed by atoms with Crippen molar-refractivity contribution in [3.63, 3.8) is 0 Å². The highest BCUT2D eigenvalue weighted by molar-refractivity contribution is 8.26. The molecule has 1 aliphatic heterocycles. The summed E-state index contributed by atoms with van der Waals surface area (Å²) in [6.45, 7) is 1.54. The average molecular weight is 420 g/mol. The number of rotatable bonds is 8. The highest BCUT2D eigenvalue weighted by atomic mass is 35.5. The molecule has 0 aromatic heterocycles. The SMILES string of the molecule is O=C1/C(=C\c2ccc([N+](=O)[O-])cc2)SC(=S)N1CN(CCCl)CCCl. The van der Waals surface area contributed by atoms with Gasteiger partial charge in [-0.25, -0.2) is 0 Å². The molecule has 6 nitrogen and oxygen atoms in total. The van der Waals surface area contributed by atoms with Gasteiger partial charge in [-0.15, -0.1) is 23.2 Å². The van der Waals surface area contributed by atoms with E-state index >= 15 is 0 Å². The molecule has 0 bridgehead atoms. The normalized spacial score (nSPS) is 16.3. The molecule has 1 amide bonds. The Morgan fingerprint density at radius 1 is 1.24 bits per heavy atom. The number of amides is 1. The number of nitro benzene ring substituents is 1. The monoisotopic (exact) mass is 419 g/mol. The van der Waals surface area contributed by atoms with Crippen LogP contribution in [0.1, 0.15) is 5.56 Å². The Morgan fingerprint density at radius 2 is 1.84 bits per heavy atom. The number of thioether (sulfide) groups is 1. The fourth-order valence-electron chi connectivity index (χ4n) is 2.16. The average Bonchev–Trinajstić information content (AvgIpc) is 2.83. The van der Waals surface area contributed by atoms with Crippen LogP contribution in [0.5, 0.6) is 0 Å². The number of nitro groups is 1. The Hall–Kier alpha value is -1.19. The zero-order valence-corrected chi connectivity index (χ0v) is 16.2. The maximum absolute atomic E-state index is 12.6. The zero-order chi connectivity index (χ0) is 18.4. The standard InChI is InChI=1S/C15H15Cl2N3O3S2/c16-5-7-18(8-6-17)10-19-14(21)13(25-15(19)24)9-11-1-3-12(4-2-11)20(22)23/h1-4,9H,5-8,10H2/b13-9+. The number of hydrogen-bond acceptors (Lipinski definition) is 6. The van der Waals surface area contributed by atoms with Crippen LogP contribution in [0.15, 0.2) is 29.2 Å². The van der Waals surface area contributed by atoms with Gasteiger partial charge < -0.3 is 0 Å². The van der Waals surface area contributed by atoms with Crippen molar-refractivity contribution in [1.82, 2.24) is 9.80 Å². The summed E-state index contributed by atoms with van der Waals surface area (Å²) in [7, 11) is 0. The third-order valence-corrected chi connectivity index (χ3v) is 5.13. The molecule has 1 saturated heterocycles. The van der Waals surface area contributed by atoms with E-state index in [1.165, 1.54) is 28.8 Å². The molecule has 0 unspecified atom stereocenters. The van der Waals surface area contributed by atoms with Gasteiger partial charge in [0.15, 0.2) is 0 Å². The molecular weight excluding hydrogens is 405 g/mol. The van der Waals surface area contributed by atoms with E-state index in [0.717, 1.165) is 0 Å². The van der Waals surface area contributed by atoms with E-state index < -0.39 is 4.92 Å². The lowest BCUT2D eigenvalue weighted by Gasteiger charge is -2.25. The molecule has 0 aliphatic carbocycles. The summed E-state index contributed by atoms with van der Waals surface area (Å²) >= 11 is 18.1. The summed E-state index contributed by atoms with van der Waals surface area (Å²) < 4.78 is 0.465. The van der Waals surface area contributed by atoms with Crippen LogP contribution in [0.4, 0.5) is 5.69 Å². The van der Waals surface area contributed by atoms with Crippen molar-refractivity contribution in [3.8, 4) is 0 Å². The molecule has 10 heteroatoms. The lowest BCUT2D eigenvalue weighted by molar-refractivity contribution is -0.384. The summed E-state index contributed by atoms with van der Waals surface area (Å²) in [6, 6.07) is 5.99. The number of thiocarbonyl (C=S) groups is 1. The van der Waals surface area contributed by atoms with Gasteiger partial charge in [-0.05, 0) is 23.8 Å². The Kier molecular flexibility index (Phi) is 7.64. The summed E-state index contributed by atoms with van der Waals surface area (Å²) in [5.74, 6) is 0.678. The first kappa shape index (κ1) is 20.1. The fraction of sp³-hybridized carbons (Fsp3) is 0.333. The van der Waals surface area contributed by atoms with Gasteiger partial charge in [0, 0.05) is 37.0 Å². The summed E-state index contributed by atoms with van der Waals surface area (Å²) in [5, 5.41) is 10.7. The highest BCUT2D eigenvalue weighted by Crippen LogP contribution is 2.32.